The molecular weight excluding hydrogens is 320 g/mol. The molecule has 0 radical (unpaired) electrons. The van der Waals surface area contributed by atoms with Crippen LogP contribution in [0.4, 0.5) is 0 Å². The molecule has 0 aromatic rings. The standard InChI is InChI=1S/C20H26O5/c1-6-10(2)18(22)24-13-9-20(5)14(21)8-7-11(3)16(20)17-15(13)12(4)19(23)25-17/h6,13-17,21H,3-4,7-9H2,1-2,5H3/b10-6-/t13-,14+,15+,16+,17-,20-/m0/s1. The predicted octanol–water partition coefficient (Wildman–Crippen LogP) is 2.70. The van der Waals surface area contributed by atoms with Crippen LogP contribution in [0.1, 0.15) is 40.0 Å². The second kappa shape index (κ2) is 6.13. The summed E-state index contributed by atoms with van der Waals surface area (Å²) in [5.74, 6) is -1.40. The number of rotatable bonds is 2. The first-order valence-corrected chi connectivity index (χ1v) is 8.80. The maximum atomic E-state index is 12.3. The Hall–Kier alpha value is -1.88. The van der Waals surface area contributed by atoms with Crippen molar-refractivity contribution in [2.24, 2.45) is 17.3 Å². The van der Waals surface area contributed by atoms with Crippen LogP contribution in [0.15, 0.2) is 36.0 Å². The number of aliphatic hydroxyl groups is 1. The van der Waals surface area contributed by atoms with Crippen LogP contribution in [0.5, 0.6) is 0 Å². The van der Waals surface area contributed by atoms with Gasteiger partial charge in [0.25, 0.3) is 0 Å². The van der Waals surface area contributed by atoms with Gasteiger partial charge in [0.05, 0.1) is 12.0 Å². The summed E-state index contributed by atoms with van der Waals surface area (Å²) in [6.07, 6.45) is 1.88. The summed E-state index contributed by atoms with van der Waals surface area (Å²) in [6.45, 7) is 13.5. The van der Waals surface area contributed by atoms with Gasteiger partial charge in [-0.3, -0.25) is 0 Å². The first-order valence-electron chi connectivity index (χ1n) is 8.80. The summed E-state index contributed by atoms with van der Waals surface area (Å²) in [5.41, 5.74) is 1.29. The Morgan fingerprint density at radius 2 is 2.12 bits per heavy atom. The van der Waals surface area contributed by atoms with Gasteiger partial charge in [-0.1, -0.05) is 31.7 Å². The van der Waals surface area contributed by atoms with Crippen LogP contribution in [0, 0.1) is 17.3 Å². The van der Waals surface area contributed by atoms with Gasteiger partial charge < -0.3 is 14.6 Å². The Bertz CT molecular complexity index is 676. The van der Waals surface area contributed by atoms with Crippen LogP contribution in [0.25, 0.3) is 0 Å². The quantitative estimate of drug-likeness (QED) is 0.473. The zero-order valence-electron chi connectivity index (χ0n) is 15.1. The van der Waals surface area contributed by atoms with Gasteiger partial charge in [0, 0.05) is 22.5 Å². The highest BCUT2D eigenvalue weighted by molar-refractivity contribution is 5.92. The van der Waals surface area contributed by atoms with Crippen molar-refractivity contribution in [2.75, 3.05) is 0 Å². The van der Waals surface area contributed by atoms with E-state index < -0.39 is 35.7 Å². The van der Waals surface area contributed by atoms with E-state index in [1.807, 2.05) is 6.92 Å². The SMILES string of the molecule is C=C1C(=O)O[C@H]2[C@H]1[C@@H](OC(=O)/C(C)=C\C)C[C@@]1(C)[C@H](O)CCC(=C)[C@H]21. The van der Waals surface area contributed by atoms with Crippen molar-refractivity contribution in [3.8, 4) is 0 Å². The van der Waals surface area contributed by atoms with Gasteiger partial charge >= 0.3 is 11.9 Å². The molecule has 2 aliphatic carbocycles. The van der Waals surface area contributed by atoms with Crippen LogP contribution in [0.2, 0.25) is 0 Å². The van der Waals surface area contributed by atoms with E-state index in [1.165, 1.54) is 0 Å². The summed E-state index contributed by atoms with van der Waals surface area (Å²) in [7, 11) is 0. The average Bonchev–Trinajstić information content (AvgIpc) is 2.85. The number of esters is 2. The van der Waals surface area contributed by atoms with Crippen molar-refractivity contribution in [2.45, 2.75) is 58.3 Å². The van der Waals surface area contributed by atoms with Crippen molar-refractivity contribution in [3.05, 3.63) is 36.0 Å². The van der Waals surface area contributed by atoms with Crippen LogP contribution in [-0.2, 0) is 19.1 Å². The van der Waals surface area contributed by atoms with Gasteiger partial charge in [-0.15, -0.1) is 0 Å². The van der Waals surface area contributed by atoms with Gasteiger partial charge in [-0.05, 0) is 33.1 Å². The molecular formula is C20H26O5. The molecule has 6 atom stereocenters. The Balaban J connectivity index is 1.99. The van der Waals surface area contributed by atoms with Crippen molar-refractivity contribution in [1.29, 1.82) is 0 Å². The number of carbonyl (C=O) groups is 2. The summed E-state index contributed by atoms with van der Waals surface area (Å²) in [5, 5.41) is 10.7. The highest BCUT2D eigenvalue weighted by Crippen LogP contribution is 2.57. The molecule has 0 aromatic heterocycles. The molecule has 0 amide bonds. The van der Waals surface area contributed by atoms with Gasteiger partial charge in [0.1, 0.15) is 12.2 Å². The lowest BCUT2D eigenvalue weighted by Crippen LogP contribution is -2.58. The van der Waals surface area contributed by atoms with Crippen molar-refractivity contribution in [1.82, 2.24) is 0 Å². The molecule has 3 rings (SSSR count). The molecule has 2 saturated carbocycles. The highest BCUT2D eigenvalue weighted by Gasteiger charge is 2.62. The second-order valence-electron chi connectivity index (χ2n) is 7.74. The van der Waals surface area contributed by atoms with E-state index in [-0.39, 0.29) is 11.8 Å². The number of carbonyl (C=O) groups excluding carboxylic acids is 2. The maximum Gasteiger partial charge on any atom is 0.334 e. The largest absolute Gasteiger partial charge is 0.458 e. The molecule has 0 aromatic carbocycles. The summed E-state index contributed by atoms with van der Waals surface area (Å²) < 4.78 is 11.3. The first kappa shape index (κ1) is 17.9. The minimum absolute atomic E-state index is 0.151. The molecule has 0 unspecified atom stereocenters. The summed E-state index contributed by atoms with van der Waals surface area (Å²) in [4.78, 5) is 24.5. The van der Waals surface area contributed by atoms with Crippen LogP contribution < -0.4 is 0 Å². The Kier molecular flexibility index (Phi) is 4.40. The molecule has 1 heterocycles. The van der Waals surface area contributed by atoms with Gasteiger partial charge in [-0.2, -0.15) is 0 Å². The van der Waals surface area contributed by atoms with Crippen LogP contribution in [-0.4, -0.2) is 35.4 Å². The molecule has 5 nitrogen and oxygen atoms in total. The van der Waals surface area contributed by atoms with Gasteiger partial charge in [-0.25, -0.2) is 9.59 Å². The van der Waals surface area contributed by atoms with Gasteiger partial charge in [0.15, 0.2) is 0 Å². The molecule has 25 heavy (non-hydrogen) atoms. The van der Waals surface area contributed by atoms with E-state index in [9.17, 15) is 14.7 Å². The smallest absolute Gasteiger partial charge is 0.334 e. The van der Waals surface area contributed by atoms with Crippen LogP contribution >= 0.6 is 0 Å². The van der Waals surface area contributed by atoms with E-state index in [4.69, 9.17) is 9.47 Å². The number of fused-ring (bicyclic) bond motifs is 3. The Morgan fingerprint density at radius 3 is 2.76 bits per heavy atom. The highest BCUT2D eigenvalue weighted by atomic mass is 16.6. The second-order valence-corrected chi connectivity index (χ2v) is 7.74. The number of ether oxygens (including phenoxy) is 2. The van der Waals surface area contributed by atoms with Crippen molar-refractivity contribution in [3.63, 3.8) is 0 Å². The molecule has 0 spiro atoms. The summed E-state index contributed by atoms with van der Waals surface area (Å²) in [6, 6.07) is 0. The van der Waals surface area contributed by atoms with Gasteiger partial charge in [0.2, 0.25) is 0 Å². The fraction of sp³-hybridized carbons (Fsp3) is 0.600. The number of aliphatic hydroxyl groups excluding tert-OH is 1. The van der Waals surface area contributed by atoms with Crippen molar-refractivity contribution >= 4 is 11.9 Å². The van der Waals surface area contributed by atoms with E-state index in [0.717, 1.165) is 5.57 Å². The predicted molar refractivity (Wildman–Crippen MR) is 92.4 cm³/mol. The zero-order chi connectivity index (χ0) is 18.5. The third-order valence-electron chi connectivity index (χ3n) is 6.30. The van der Waals surface area contributed by atoms with E-state index in [0.29, 0.717) is 30.4 Å². The third kappa shape index (κ3) is 2.65. The topological polar surface area (TPSA) is 72.8 Å². The lowest BCUT2D eigenvalue weighted by molar-refractivity contribution is -0.175. The number of allylic oxidation sites excluding steroid dienone is 1. The molecule has 5 heteroatoms. The van der Waals surface area contributed by atoms with Crippen LogP contribution in [0.3, 0.4) is 0 Å². The molecule has 0 bridgehead atoms. The zero-order valence-corrected chi connectivity index (χ0v) is 15.1. The molecule has 1 aliphatic heterocycles. The molecule has 136 valence electrons. The summed E-state index contributed by atoms with van der Waals surface area (Å²) >= 11 is 0. The lowest BCUT2D eigenvalue weighted by Gasteiger charge is -2.54. The molecule has 1 saturated heterocycles. The van der Waals surface area contributed by atoms with E-state index in [1.54, 1.807) is 19.9 Å². The monoisotopic (exact) mass is 346 g/mol. The molecule has 1 N–H and O–H groups in total. The van der Waals surface area contributed by atoms with E-state index in [2.05, 4.69) is 13.2 Å². The van der Waals surface area contributed by atoms with E-state index >= 15 is 0 Å². The van der Waals surface area contributed by atoms with Crippen molar-refractivity contribution < 1.29 is 24.2 Å². The minimum Gasteiger partial charge on any atom is -0.458 e. The molecule has 3 aliphatic rings. The number of hydrogen-bond acceptors (Lipinski definition) is 5. The number of hydrogen-bond donors (Lipinski definition) is 1. The lowest BCUT2D eigenvalue weighted by atomic mass is 9.53. The average molecular weight is 346 g/mol. The minimum atomic E-state index is -0.555. The fourth-order valence-electron chi connectivity index (χ4n) is 4.69. The fourth-order valence-corrected chi connectivity index (χ4v) is 4.69. The first-order chi connectivity index (χ1) is 11.7. The Labute approximate surface area is 148 Å². The maximum absolute atomic E-state index is 12.3. The Morgan fingerprint density at radius 1 is 1.44 bits per heavy atom. The molecule has 3 fully saturated rings. The third-order valence-corrected chi connectivity index (χ3v) is 6.30. The normalized spacial score (nSPS) is 41.0.